The summed E-state index contributed by atoms with van der Waals surface area (Å²) in [5, 5.41) is 6.10. The normalized spacial score (nSPS) is 30.9. The first-order valence-electron chi connectivity index (χ1n) is 9.69. The van der Waals surface area contributed by atoms with Crippen LogP contribution in [0.15, 0.2) is 18.2 Å². The Kier molecular flexibility index (Phi) is 4.95. The minimum absolute atomic E-state index is 0.211. The number of halogens is 1. The van der Waals surface area contributed by atoms with Gasteiger partial charge in [-0.15, -0.1) is 0 Å². The third-order valence-corrected chi connectivity index (χ3v) is 6.78. The Balaban J connectivity index is 1.81. The number of rotatable bonds is 6. The number of nitrogens with one attached hydrogen (secondary N) is 2. The molecular formula is C20H24FN3O3S. The average Bonchev–Trinajstić information content (AvgIpc) is 3.24. The van der Waals surface area contributed by atoms with Crippen molar-refractivity contribution in [2.24, 2.45) is 11.8 Å². The minimum Gasteiger partial charge on any atom is -0.324 e. The number of amides is 3. The molecule has 150 valence electrons. The number of unbranched alkanes of at least 4 members (excludes halogenated alkanes) is 1. The first kappa shape index (κ1) is 19.4. The summed E-state index contributed by atoms with van der Waals surface area (Å²) in [4.78, 5) is 40.9. The molecule has 1 spiro atoms. The van der Waals surface area contributed by atoms with E-state index in [9.17, 15) is 18.8 Å². The molecule has 1 aromatic carbocycles. The molecule has 8 heteroatoms. The zero-order chi connectivity index (χ0) is 20.1. The number of anilines is 1. The Morgan fingerprint density at radius 1 is 1.25 bits per heavy atom. The monoisotopic (exact) mass is 405 g/mol. The lowest BCUT2D eigenvalue weighted by molar-refractivity contribution is -0.142. The maximum atomic E-state index is 14.1. The van der Waals surface area contributed by atoms with Gasteiger partial charge in [-0.2, -0.15) is 11.8 Å². The number of likely N-dealkylation sites (tertiary alicyclic amines) is 1. The van der Waals surface area contributed by atoms with Gasteiger partial charge in [0.25, 0.3) is 0 Å². The number of imide groups is 1. The molecule has 2 fully saturated rings. The lowest BCUT2D eigenvalue weighted by Crippen LogP contribution is -2.53. The average molecular weight is 405 g/mol. The molecule has 2 saturated heterocycles. The highest BCUT2D eigenvalue weighted by Crippen LogP contribution is 2.53. The van der Waals surface area contributed by atoms with Gasteiger partial charge in [-0.3, -0.25) is 24.6 Å². The molecule has 0 bridgehead atoms. The van der Waals surface area contributed by atoms with E-state index < -0.39 is 23.2 Å². The highest BCUT2D eigenvalue weighted by molar-refractivity contribution is 7.98. The minimum atomic E-state index is -1.39. The van der Waals surface area contributed by atoms with E-state index in [1.165, 1.54) is 23.1 Å². The highest BCUT2D eigenvalue weighted by atomic mass is 32.2. The van der Waals surface area contributed by atoms with Crippen LogP contribution in [0.3, 0.4) is 0 Å². The van der Waals surface area contributed by atoms with Crippen LogP contribution in [0.2, 0.25) is 0 Å². The van der Waals surface area contributed by atoms with E-state index in [4.69, 9.17) is 0 Å². The van der Waals surface area contributed by atoms with Gasteiger partial charge in [-0.1, -0.05) is 13.3 Å². The third-order valence-electron chi connectivity index (χ3n) is 6.14. The van der Waals surface area contributed by atoms with Crippen molar-refractivity contribution in [1.82, 2.24) is 10.2 Å². The van der Waals surface area contributed by atoms with Crippen molar-refractivity contribution < 1.29 is 18.8 Å². The molecule has 2 N–H and O–H groups in total. The second-order valence-electron chi connectivity index (χ2n) is 7.67. The zero-order valence-electron chi connectivity index (χ0n) is 16.0. The van der Waals surface area contributed by atoms with E-state index >= 15 is 0 Å². The van der Waals surface area contributed by atoms with Crippen LogP contribution in [-0.4, -0.2) is 47.2 Å². The van der Waals surface area contributed by atoms with Crippen LogP contribution in [0.25, 0.3) is 0 Å². The fraction of sp³-hybridized carbons (Fsp3) is 0.550. The molecule has 0 aliphatic carbocycles. The van der Waals surface area contributed by atoms with Crippen LogP contribution >= 0.6 is 11.8 Å². The van der Waals surface area contributed by atoms with Gasteiger partial charge in [0, 0.05) is 23.8 Å². The van der Waals surface area contributed by atoms with E-state index in [1.54, 1.807) is 11.8 Å². The van der Waals surface area contributed by atoms with Gasteiger partial charge >= 0.3 is 0 Å². The molecule has 1 aromatic rings. The van der Waals surface area contributed by atoms with Crippen LogP contribution in [0.5, 0.6) is 0 Å². The van der Waals surface area contributed by atoms with Gasteiger partial charge in [-0.25, -0.2) is 4.39 Å². The first-order chi connectivity index (χ1) is 13.5. The molecule has 3 amide bonds. The Hall–Kier alpha value is -1.93. The molecule has 3 heterocycles. The summed E-state index contributed by atoms with van der Waals surface area (Å²) in [5.74, 6) is -2.03. The standard InChI is InChI=1S/C20H24FN3O3S/c1-3-4-8-24-17(25)15-14(7-9-28-2)23-20(16(15)18(24)26)12-10-11(21)5-6-13(12)22-19(20)27/h5-6,10,14-16,23H,3-4,7-9H2,1-2H3,(H,22,27)/t14-,15-,16+,20+/m1/s1. The van der Waals surface area contributed by atoms with Crippen molar-refractivity contribution in [3.05, 3.63) is 29.6 Å². The van der Waals surface area contributed by atoms with Crippen molar-refractivity contribution in [2.45, 2.75) is 37.8 Å². The molecule has 3 aliphatic heterocycles. The smallest absolute Gasteiger partial charge is 0.250 e. The van der Waals surface area contributed by atoms with E-state index in [-0.39, 0.29) is 23.8 Å². The Bertz CT molecular complexity index is 848. The number of thioether (sulfide) groups is 1. The number of carbonyl (C=O) groups is 3. The van der Waals surface area contributed by atoms with Gasteiger partial charge in [-0.05, 0) is 43.0 Å². The quantitative estimate of drug-likeness (QED) is 0.709. The topological polar surface area (TPSA) is 78.5 Å². The van der Waals surface area contributed by atoms with Gasteiger partial charge in [0.2, 0.25) is 17.7 Å². The van der Waals surface area contributed by atoms with Crippen LogP contribution < -0.4 is 10.6 Å². The zero-order valence-corrected chi connectivity index (χ0v) is 16.8. The summed E-state index contributed by atoms with van der Waals surface area (Å²) in [6.07, 6.45) is 4.22. The highest BCUT2D eigenvalue weighted by Gasteiger charge is 2.70. The second-order valence-corrected chi connectivity index (χ2v) is 8.66. The molecule has 6 nitrogen and oxygen atoms in total. The van der Waals surface area contributed by atoms with E-state index in [1.807, 2.05) is 13.2 Å². The molecular weight excluding hydrogens is 381 g/mol. The molecule has 4 rings (SSSR count). The molecule has 28 heavy (non-hydrogen) atoms. The number of carbonyl (C=O) groups excluding carboxylic acids is 3. The lowest BCUT2D eigenvalue weighted by Gasteiger charge is -2.29. The predicted molar refractivity (Wildman–Crippen MR) is 105 cm³/mol. The van der Waals surface area contributed by atoms with Gasteiger partial charge in [0.1, 0.15) is 11.4 Å². The summed E-state index contributed by atoms with van der Waals surface area (Å²) in [7, 11) is 0. The molecule has 4 atom stereocenters. The Labute approximate surface area is 167 Å². The van der Waals surface area contributed by atoms with Gasteiger partial charge in [0.15, 0.2) is 0 Å². The largest absolute Gasteiger partial charge is 0.324 e. The molecule has 0 radical (unpaired) electrons. The van der Waals surface area contributed by atoms with Crippen molar-refractivity contribution in [3.8, 4) is 0 Å². The predicted octanol–water partition coefficient (Wildman–Crippen LogP) is 2.10. The maximum absolute atomic E-state index is 14.1. The Morgan fingerprint density at radius 3 is 2.75 bits per heavy atom. The van der Waals surface area contributed by atoms with Crippen LogP contribution in [0.4, 0.5) is 10.1 Å². The first-order valence-corrected chi connectivity index (χ1v) is 11.1. The Morgan fingerprint density at radius 2 is 2.04 bits per heavy atom. The number of benzene rings is 1. The van der Waals surface area contributed by atoms with Crippen molar-refractivity contribution in [2.75, 3.05) is 23.9 Å². The summed E-state index contributed by atoms with van der Waals surface area (Å²) in [6, 6.07) is 3.80. The van der Waals surface area contributed by atoms with Crippen molar-refractivity contribution in [3.63, 3.8) is 0 Å². The number of hydrogen-bond acceptors (Lipinski definition) is 5. The van der Waals surface area contributed by atoms with E-state index in [2.05, 4.69) is 10.6 Å². The van der Waals surface area contributed by atoms with Crippen LogP contribution in [0, 0.1) is 17.7 Å². The number of nitrogens with zero attached hydrogens (tertiary/aromatic N) is 1. The fourth-order valence-corrected chi connectivity index (χ4v) is 5.35. The van der Waals surface area contributed by atoms with Gasteiger partial charge in [0.05, 0.1) is 11.8 Å². The lowest BCUT2D eigenvalue weighted by atomic mass is 9.76. The summed E-state index contributed by atoms with van der Waals surface area (Å²) in [5.41, 5.74) is -0.466. The van der Waals surface area contributed by atoms with E-state index in [0.29, 0.717) is 24.2 Å². The molecule has 0 unspecified atom stereocenters. The summed E-state index contributed by atoms with van der Waals surface area (Å²) in [6.45, 7) is 2.36. The SMILES string of the molecule is CCCCN1C(=O)[C@H]2[C@@H](C1=O)[C@]1(N[C@@H]2CCSC)C(=O)Nc2ccc(F)cc21. The molecule has 0 aromatic heterocycles. The summed E-state index contributed by atoms with van der Waals surface area (Å²) >= 11 is 1.65. The number of fused-ring (bicyclic) bond motifs is 4. The van der Waals surface area contributed by atoms with Crippen LogP contribution in [0.1, 0.15) is 31.7 Å². The van der Waals surface area contributed by atoms with Crippen molar-refractivity contribution >= 4 is 35.2 Å². The second kappa shape index (κ2) is 7.15. The van der Waals surface area contributed by atoms with Crippen LogP contribution in [-0.2, 0) is 19.9 Å². The molecule has 3 aliphatic rings. The van der Waals surface area contributed by atoms with Crippen molar-refractivity contribution in [1.29, 1.82) is 0 Å². The maximum Gasteiger partial charge on any atom is 0.250 e. The fourth-order valence-electron chi connectivity index (χ4n) is 4.86. The van der Waals surface area contributed by atoms with Gasteiger partial charge < -0.3 is 5.32 Å². The number of hydrogen-bond donors (Lipinski definition) is 2. The summed E-state index contributed by atoms with van der Waals surface area (Å²) < 4.78 is 14.1. The molecule has 0 saturated carbocycles. The van der Waals surface area contributed by atoms with E-state index in [0.717, 1.165) is 18.6 Å². The third kappa shape index (κ3) is 2.61.